The standard InChI is InChI=1S/C15H29N3O/c1-11-5-6-13(9-14(11)16)15(19)17-10-12(2)18-7-3-4-8-18/h11-14H,3-10,16H2,1-2H3,(H,17,19). The monoisotopic (exact) mass is 267 g/mol. The molecule has 19 heavy (non-hydrogen) atoms. The maximum absolute atomic E-state index is 12.2. The molecule has 4 unspecified atom stereocenters. The van der Waals surface area contributed by atoms with E-state index in [0.717, 1.165) is 25.8 Å². The molecule has 1 saturated heterocycles. The summed E-state index contributed by atoms with van der Waals surface area (Å²) in [6.07, 6.45) is 5.53. The van der Waals surface area contributed by atoms with Crippen molar-refractivity contribution in [1.29, 1.82) is 0 Å². The van der Waals surface area contributed by atoms with E-state index in [4.69, 9.17) is 5.73 Å². The molecule has 0 aromatic rings. The Balaban J connectivity index is 1.71. The van der Waals surface area contributed by atoms with Gasteiger partial charge in [-0.05, 0) is 58.0 Å². The second kappa shape index (κ2) is 6.71. The quantitative estimate of drug-likeness (QED) is 0.808. The van der Waals surface area contributed by atoms with Gasteiger partial charge in [-0.1, -0.05) is 6.92 Å². The maximum atomic E-state index is 12.2. The summed E-state index contributed by atoms with van der Waals surface area (Å²) in [5, 5.41) is 3.13. The molecule has 2 fully saturated rings. The van der Waals surface area contributed by atoms with Gasteiger partial charge in [0.15, 0.2) is 0 Å². The summed E-state index contributed by atoms with van der Waals surface area (Å²) in [4.78, 5) is 14.7. The summed E-state index contributed by atoms with van der Waals surface area (Å²) in [5.74, 6) is 0.915. The molecule has 0 bridgehead atoms. The van der Waals surface area contributed by atoms with Crippen molar-refractivity contribution in [3.05, 3.63) is 0 Å². The summed E-state index contributed by atoms with van der Waals surface area (Å²) in [7, 11) is 0. The average Bonchev–Trinajstić information content (AvgIpc) is 2.92. The van der Waals surface area contributed by atoms with E-state index in [0.29, 0.717) is 12.0 Å². The number of carbonyl (C=O) groups is 1. The van der Waals surface area contributed by atoms with Crippen molar-refractivity contribution >= 4 is 5.91 Å². The molecule has 2 rings (SSSR count). The smallest absolute Gasteiger partial charge is 0.223 e. The number of hydrogen-bond acceptors (Lipinski definition) is 3. The Labute approximate surface area is 117 Å². The normalized spacial score (nSPS) is 34.2. The first-order chi connectivity index (χ1) is 9.08. The van der Waals surface area contributed by atoms with Crippen LogP contribution in [0.25, 0.3) is 0 Å². The Morgan fingerprint density at radius 2 is 2.05 bits per heavy atom. The fraction of sp³-hybridized carbons (Fsp3) is 0.933. The molecule has 4 atom stereocenters. The van der Waals surface area contributed by atoms with E-state index in [1.165, 1.54) is 25.9 Å². The van der Waals surface area contributed by atoms with Crippen molar-refractivity contribution in [3.8, 4) is 0 Å². The Kier molecular flexibility index (Phi) is 5.22. The Hall–Kier alpha value is -0.610. The zero-order valence-corrected chi connectivity index (χ0v) is 12.4. The lowest BCUT2D eigenvalue weighted by molar-refractivity contribution is -0.126. The van der Waals surface area contributed by atoms with Gasteiger partial charge >= 0.3 is 0 Å². The third-order valence-electron chi connectivity index (χ3n) is 4.96. The first-order valence-electron chi connectivity index (χ1n) is 7.85. The van der Waals surface area contributed by atoms with E-state index in [1.807, 2.05) is 0 Å². The number of nitrogens with two attached hydrogens (primary N) is 1. The highest BCUT2D eigenvalue weighted by atomic mass is 16.1. The predicted molar refractivity (Wildman–Crippen MR) is 77.8 cm³/mol. The number of carbonyl (C=O) groups excluding carboxylic acids is 1. The molecule has 1 aliphatic carbocycles. The molecule has 110 valence electrons. The number of nitrogens with one attached hydrogen (secondary N) is 1. The second-order valence-electron chi connectivity index (χ2n) is 6.49. The Bertz CT molecular complexity index is 302. The molecule has 0 radical (unpaired) electrons. The zero-order valence-electron chi connectivity index (χ0n) is 12.4. The van der Waals surface area contributed by atoms with E-state index in [2.05, 4.69) is 24.1 Å². The highest BCUT2D eigenvalue weighted by Gasteiger charge is 2.29. The molecule has 2 aliphatic rings. The summed E-state index contributed by atoms with van der Waals surface area (Å²) in [6, 6.07) is 0.656. The lowest BCUT2D eigenvalue weighted by atomic mass is 9.79. The van der Waals surface area contributed by atoms with Crippen LogP contribution in [0.5, 0.6) is 0 Å². The molecule has 3 N–H and O–H groups in total. The minimum atomic E-state index is 0.136. The lowest BCUT2D eigenvalue weighted by Crippen LogP contribution is -2.45. The van der Waals surface area contributed by atoms with Gasteiger partial charge in [0.1, 0.15) is 0 Å². The van der Waals surface area contributed by atoms with Crippen molar-refractivity contribution in [3.63, 3.8) is 0 Å². The summed E-state index contributed by atoms with van der Waals surface area (Å²) in [6.45, 7) is 7.54. The first kappa shape index (κ1) is 14.8. The first-order valence-corrected chi connectivity index (χ1v) is 7.85. The van der Waals surface area contributed by atoms with E-state index >= 15 is 0 Å². The molecule has 4 heteroatoms. The molecular formula is C15H29N3O. The molecule has 4 nitrogen and oxygen atoms in total. The van der Waals surface area contributed by atoms with Crippen LogP contribution >= 0.6 is 0 Å². The summed E-state index contributed by atoms with van der Waals surface area (Å²) < 4.78 is 0. The van der Waals surface area contributed by atoms with Gasteiger partial charge in [-0.15, -0.1) is 0 Å². The predicted octanol–water partition coefficient (Wildman–Crippen LogP) is 1.35. The van der Waals surface area contributed by atoms with Gasteiger partial charge in [0, 0.05) is 24.5 Å². The van der Waals surface area contributed by atoms with Crippen LogP contribution in [-0.4, -0.2) is 42.5 Å². The van der Waals surface area contributed by atoms with Crippen LogP contribution in [0, 0.1) is 11.8 Å². The van der Waals surface area contributed by atoms with Crippen molar-refractivity contribution in [1.82, 2.24) is 10.2 Å². The van der Waals surface area contributed by atoms with Crippen LogP contribution in [0.4, 0.5) is 0 Å². The fourth-order valence-electron chi connectivity index (χ4n) is 3.30. The minimum absolute atomic E-state index is 0.136. The Morgan fingerprint density at radius 3 is 2.68 bits per heavy atom. The van der Waals surface area contributed by atoms with Crippen LogP contribution in [-0.2, 0) is 4.79 Å². The van der Waals surface area contributed by atoms with Crippen molar-refractivity contribution < 1.29 is 4.79 Å². The van der Waals surface area contributed by atoms with Crippen LogP contribution in [0.15, 0.2) is 0 Å². The second-order valence-corrected chi connectivity index (χ2v) is 6.49. The highest BCUT2D eigenvalue weighted by molar-refractivity contribution is 5.78. The zero-order chi connectivity index (χ0) is 13.8. The highest BCUT2D eigenvalue weighted by Crippen LogP contribution is 2.27. The van der Waals surface area contributed by atoms with Crippen molar-refractivity contribution in [2.45, 2.75) is 58.0 Å². The molecule has 0 aromatic carbocycles. The summed E-state index contributed by atoms with van der Waals surface area (Å²) in [5.41, 5.74) is 6.07. The van der Waals surface area contributed by atoms with Gasteiger partial charge in [0.2, 0.25) is 5.91 Å². The van der Waals surface area contributed by atoms with Crippen LogP contribution in [0.2, 0.25) is 0 Å². The van der Waals surface area contributed by atoms with Gasteiger partial charge in [-0.3, -0.25) is 9.69 Å². The van der Waals surface area contributed by atoms with Gasteiger partial charge in [-0.2, -0.15) is 0 Å². The number of amides is 1. The SMILES string of the molecule is CC1CCC(C(=O)NCC(C)N2CCCC2)CC1N. The number of likely N-dealkylation sites (tertiary alicyclic amines) is 1. The van der Waals surface area contributed by atoms with Gasteiger partial charge in [0.05, 0.1) is 0 Å². The topological polar surface area (TPSA) is 58.4 Å². The molecule has 1 aliphatic heterocycles. The molecule has 1 heterocycles. The van der Waals surface area contributed by atoms with Crippen molar-refractivity contribution in [2.24, 2.45) is 17.6 Å². The van der Waals surface area contributed by atoms with E-state index in [1.54, 1.807) is 0 Å². The van der Waals surface area contributed by atoms with E-state index in [-0.39, 0.29) is 17.9 Å². The van der Waals surface area contributed by atoms with Crippen LogP contribution in [0.3, 0.4) is 0 Å². The molecule has 1 saturated carbocycles. The number of nitrogens with zero attached hydrogens (tertiary/aromatic N) is 1. The lowest BCUT2D eigenvalue weighted by Gasteiger charge is -2.31. The third-order valence-corrected chi connectivity index (χ3v) is 4.96. The maximum Gasteiger partial charge on any atom is 0.223 e. The van der Waals surface area contributed by atoms with Crippen LogP contribution in [0.1, 0.15) is 46.0 Å². The summed E-state index contributed by atoms with van der Waals surface area (Å²) >= 11 is 0. The fourth-order valence-corrected chi connectivity index (χ4v) is 3.30. The number of hydrogen-bond donors (Lipinski definition) is 2. The van der Waals surface area contributed by atoms with Gasteiger partial charge < -0.3 is 11.1 Å². The molecule has 0 aromatic heterocycles. The van der Waals surface area contributed by atoms with E-state index in [9.17, 15) is 4.79 Å². The third kappa shape index (κ3) is 3.93. The average molecular weight is 267 g/mol. The molecule has 0 spiro atoms. The minimum Gasteiger partial charge on any atom is -0.354 e. The number of rotatable bonds is 4. The Morgan fingerprint density at radius 1 is 1.37 bits per heavy atom. The van der Waals surface area contributed by atoms with Gasteiger partial charge in [0.25, 0.3) is 0 Å². The van der Waals surface area contributed by atoms with E-state index < -0.39 is 0 Å². The molecule has 1 amide bonds. The molecular weight excluding hydrogens is 238 g/mol. The van der Waals surface area contributed by atoms with Gasteiger partial charge in [-0.25, -0.2) is 0 Å². The van der Waals surface area contributed by atoms with Crippen molar-refractivity contribution in [2.75, 3.05) is 19.6 Å². The largest absolute Gasteiger partial charge is 0.354 e. The van der Waals surface area contributed by atoms with Crippen LogP contribution < -0.4 is 11.1 Å².